The monoisotopic (exact) mass is 392 g/mol. The molecule has 0 amide bonds. The summed E-state index contributed by atoms with van der Waals surface area (Å²) in [6.07, 6.45) is 0.888. The second kappa shape index (κ2) is 7.56. The highest BCUT2D eigenvalue weighted by molar-refractivity contribution is 6.10. The van der Waals surface area contributed by atoms with Crippen LogP contribution in [-0.2, 0) is 6.42 Å². The number of carbonyl (C=O) groups is 1. The SMILES string of the molecule is COc1cc2c(cc1OC)C(C)N(CC(=O)c1c(C)[nH]c3cc(C)ccc13)CC2. The van der Waals surface area contributed by atoms with Crippen LogP contribution in [0.5, 0.6) is 11.5 Å². The number of methoxy groups -OCH3 is 2. The highest BCUT2D eigenvalue weighted by Crippen LogP contribution is 2.38. The maximum Gasteiger partial charge on any atom is 0.179 e. The first kappa shape index (κ1) is 19.5. The van der Waals surface area contributed by atoms with Crippen LogP contribution < -0.4 is 9.47 Å². The zero-order valence-electron chi connectivity index (χ0n) is 17.8. The standard InChI is InChI=1S/C24H28N2O3/c1-14-6-7-18-20(10-14)25-15(2)24(18)21(27)13-26-9-8-17-11-22(28-4)23(29-5)12-19(17)16(26)3/h6-7,10-12,16,25H,8-9,13H2,1-5H3. The minimum absolute atomic E-state index is 0.135. The number of carbonyl (C=O) groups excluding carboxylic acids is 1. The molecular weight excluding hydrogens is 364 g/mol. The van der Waals surface area contributed by atoms with E-state index in [1.807, 2.05) is 13.0 Å². The van der Waals surface area contributed by atoms with E-state index in [9.17, 15) is 4.79 Å². The molecule has 152 valence electrons. The van der Waals surface area contributed by atoms with Gasteiger partial charge in [-0.2, -0.15) is 0 Å². The first-order chi connectivity index (χ1) is 13.9. The van der Waals surface area contributed by atoms with E-state index in [-0.39, 0.29) is 11.8 Å². The number of hydrogen-bond acceptors (Lipinski definition) is 4. The number of aromatic amines is 1. The Labute approximate surface area is 171 Å². The fourth-order valence-electron chi connectivity index (χ4n) is 4.48. The summed E-state index contributed by atoms with van der Waals surface area (Å²) < 4.78 is 10.9. The first-order valence-corrected chi connectivity index (χ1v) is 10.0. The molecule has 2 heterocycles. The van der Waals surface area contributed by atoms with Crippen LogP contribution in [0.3, 0.4) is 0 Å². The van der Waals surface area contributed by atoms with E-state index < -0.39 is 0 Å². The Morgan fingerprint density at radius 3 is 2.59 bits per heavy atom. The van der Waals surface area contributed by atoms with Crippen molar-refractivity contribution in [3.05, 3.63) is 58.3 Å². The number of aryl methyl sites for hydroxylation is 2. The zero-order valence-corrected chi connectivity index (χ0v) is 17.8. The number of nitrogens with one attached hydrogen (secondary N) is 1. The predicted molar refractivity (Wildman–Crippen MR) is 115 cm³/mol. The largest absolute Gasteiger partial charge is 0.493 e. The van der Waals surface area contributed by atoms with Gasteiger partial charge in [-0.15, -0.1) is 0 Å². The average molecular weight is 392 g/mol. The van der Waals surface area contributed by atoms with Crippen LogP contribution in [0.1, 0.15) is 45.7 Å². The molecule has 0 bridgehead atoms. The molecule has 2 aromatic carbocycles. The molecule has 0 saturated heterocycles. The first-order valence-electron chi connectivity index (χ1n) is 10.0. The van der Waals surface area contributed by atoms with Crippen LogP contribution >= 0.6 is 0 Å². The molecule has 1 aliphatic rings. The molecule has 0 saturated carbocycles. The molecule has 1 atom stereocenters. The third-order valence-corrected chi connectivity index (χ3v) is 6.08. The van der Waals surface area contributed by atoms with Crippen molar-refractivity contribution < 1.29 is 14.3 Å². The van der Waals surface area contributed by atoms with Gasteiger partial charge in [-0.3, -0.25) is 9.69 Å². The minimum Gasteiger partial charge on any atom is -0.493 e. The molecule has 4 rings (SSSR count). The lowest BCUT2D eigenvalue weighted by Crippen LogP contribution is -2.37. The molecule has 1 unspecified atom stereocenters. The van der Waals surface area contributed by atoms with Crippen molar-refractivity contribution in [2.24, 2.45) is 0 Å². The molecule has 0 fully saturated rings. The van der Waals surface area contributed by atoms with Crippen LogP contribution in [0.4, 0.5) is 0 Å². The van der Waals surface area contributed by atoms with Crippen molar-refractivity contribution in [3.8, 4) is 11.5 Å². The Morgan fingerprint density at radius 1 is 1.14 bits per heavy atom. The van der Waals surface area contributed by atoms with Gasteiger partial charge in [0.05, 0.1) is 20.8 Å². The highest BCUT2D eigenvalue weighted by Gasteiger charge is 2.28. The number of nitrogens with zero attached hydrogens (tertiary/aromatic N) is 1. The maximum atomic E-state index is 13.3. The van der Waals surface area contributed by atoms with Crippen molar-refractivity contribution in [2.45, 2.75) is 33.2 Å². The number of Topliss-reactive ketones (excluding diaryl/α,β-unsaturated/α-hetero) is 1. The third-order valence-electron chi connectivity index (χ3n) is 6.08. The molecule has 3 aromatic rings. The lowest BCUT2D eigenvalue weighted by atomic mass is 9.92. The van der Waals surface area contributed by atoms with E-state index in [1.54, 1.807) is 14.2 Å². The minimum atomic E-state index is 0.135. The Balaban J connectivity index is 1.61. The lowest BCUT2D eigenvalue weighted by molar-refractivity contribution is 0.0891. The van der Waals surface area contributed by atoms with Crippen molar-refractivity contribution in [1.29, 1.82) is 0 Å². The summed E-state index contributed by atoms with van der Waals surface area (Å²) in [6.45, 7) is 7.44. The molecule has 5 nitrogen and oxygen atoms in total. The van der Waals surface area contributed by atoms with E-state index >= 15 is 0 Å². The molecular formula is C24H28N2O3. The van der Waals surface area contributed by atoms with Gasteiger partial charge in [-0.1, -0.05) is 12.1 Å². The third kappa shape index (κ3) is 3.40. The molecule has 1 aromatic heterocycles. The van der Waals surface area contributed by atoms with Crippen LogP contribution in [0.25, 0.3) is 10.9 Å². The lowest BCUT2D eigenvalue weighted by Gasteiger charge is -2.35. The Bertz CT molecular complexity index is 1080. The van der Waals surface area contributed by atoms with E-state index in [1.165, 1.54) is 16.7 Å². The van der Waals surface area contributed by atoms with Crippen molar-refractivity contribution in [3.63, 3.8) is 0 Å². The summed E-state index contributed by atoms with van der Waals surface area (Å²) in [5.74, 6) is 1.65. The van der Waals surface area contributed by atoms with Gasteiger partial charge in [0.25, 0.3) is 0 Å². The predicted octanol–water partition coefficient (Wildman–Crippen LogP) is 4.60. The number of ketones is 1. The van der Waals surface area contributed by atoms with Gasteiger partial charge in [0.1, 0.15) is 0 Å². The number of benzene rings is 2. The summed E-state index contributed by atoms with van der Waals surface area (Å²) in [7, 11) is 3.31. The van der Waals surface area contributed by atoms with Crippen molar-refractivity contribution in [1.82, 2.24) is 9.88 Å². The molecule has 1 N–H and O–H groups in total. The molecule has 1 aliphatic heterocycles. The number of aromatic nitrogens is 1. The Kier molecular flexibility index (Phi) is 5.09. The number of rotatable bonds is 5. The van der Waals surface area contributed by atoms with Gasteiger partial charge in [0.15, 0.2) is 17.3 Å². The van der Waals surface area contributed by atoms with Gasteiger partial charge < -0.3 is 14.5 Å². The molecule has 0 radical (unpaired) electrons. The summed E-state index contributed by atoms with van der Waals surface area (Å²) >= 11 is 0. The van der Waals surface area contributed by atoms with Crippen LogP contribution in [0.2, 0.25) is 0 Å². The second-order valence-corrected chi connectivity index (χ2v) is 7.90. The molecule has 0 spiro atoms. The van der Waals surface area contributed by atoms with E-state index in [0.29, 0.717) is 6.54 Å². The summed E-state index contributed by atoms with van der Waals surface area (Å²) in [5.41, 5.74) is 6.42. The van der Waals surface area contributed by atoms with Gasteiger partial charge in [-0.25, -0.2) is 0 Å². The van der Waals surface area contributed by atoms with Crippen molar-refractivity contribution in [2.75, 3.05) is 27.3 Å². The number of fused-ring (bicyclic) bond motifs is 2. The van der Waals surface area contributed by atoms with Gasteiger partial charge >= 0.3 is 0 Å². The topological polar surface area (TPSA) is 54.6 Å². The fourth-order valence-corrected chi connectivity index (χ4v) is 4.48. The van der Waals surface area contributed by atoms with Gasteiger partial charge in [0.2, 0.25) is 0 Å². The van der Waals surface area contributed by atoms with Crippen LogP contribution in [-0.4, -0.2) is 43.0 Å². The quantitative estimate of drug-likeness (QED) is 0.645. The van der Waals surface area contributed by atoms with E-state index in [2.05, 4.69) is 48.0 Å². The molecule has 5 heteroatoms. The second-order valence-electron chi connectivity index (χ2n) is 7.90. The summed E-state index contributed by atoms with van der Waals surface area (Å²) in [4.78, 5) is 18.9. The van der Waals surface area contributed by atoms with Crippen LogP contribution in [0, 0.1) is 13.8 Å². The number of ether oxygens (including phenoxy) is 2. The Morgan fingerprint density at radius 2 is 1.86 bits per heavy atom. The smallest absolute Gasteiger partial charge is 0.179 e. The zero-order chi connectivity index (χ0) is 20.7. The van der Waals surface area contributed by atoms with Crippen molar-refractivity contribution >= 4 is 16.7 Å². The molecule has 29 heavy (non-hydrogen) atoms. The maximum absolute atomic E-state index is 13.3. The number of H-pyrrole nitrogens is 1. The van der Waals surface area contributed by atoms with E-state index in [0.717, 1.165) is 46.6 Å². The highest BCUT2D eigenvalue weighted by atomic mass is 16.5. The van der Waals surface area contributed by atoms with E-state index in [4.69, 9.17) is 9.47 Å². The summed E-state index contributed by atoms with van der Waals surface area (Å²) in [6, 6.07) is 10.5. The van der Waals surface area contributed by atoms with Crippen LogP contribution in [0.15, 0.2) is 30.3 Å². The summed E-state index contributed by atoms with van der Waals surface area (Å²) in [5, 5.41) is 1.01. The Hall–Kier alpha value is -2.79. The fraction of sp³-hybridized carbons (Fsp3) is 0.375. The average Bonchev–Trinajstić information content (AvgIpc) is 3.03. The van der Waals surface area contributed by atoms with Gasteiger partial charge in [-0.05, 0) is 62.1 Å². The normalized spacial score (nSPS) is 16.7. The van der Waals surface area contributed by atoms with Gasteiger partial charge in [0, 0.05) is 34.7 Å². The molecule has 0 aliphatic carbocycles. The number of hydrogen-bond donors (Lipinski definition) is 1.